The number of carbonyl (C=O) groups excluding carboxylic acids is 1. The van der Waals surface area contributed by atoms with Crippen LogP contribution in [0.25, 0.3) is 21.9 Å². The van der Waals surface area contributed by atoms with Crippen molar-refractivity contribution in [2.24, 2.45) is 0 Å². The van der Waals surface area contributed by atoms with Crippen LogP contribution in [-0.2, 0) is 17.9 Å². The molecule has 29 heavy (non-hydrogen) atoms. The van der Waals surface area contributed by atoms with Gasteiger partial charge in [-0.1, -0.05) is 30.3 Å². The fourth-order valence-electron chi connectivity index (χ4n) is 3.48. The molecule has 0 saturated carbocycles. The van der Waals surface area contributed by atoms with Crippen LogP contribution in [0.5, 0.6) is 5.75 Å². The van der Waals surface area contributed by atoms with Crippen molar-refractivity contribution in [3.05, 3.63) is 76.8 Å². The van der Waals surface area contributed by atoms with Crippen molar-refractivity contribution in [1.82, 2.24) is 9.47 Å². The highest BCUT2D eigenvalue weighted by molar-refractivity contribution is 5.84. The van der Waals surface area contributed by atoms with Crippen molar-refractivity contribution < 1.29 is 13.9 Å². The number of aryl methyl sites for hydroxylation is 1. The molecule has 0 aliphatic heterocycles. The molecule has 0 bridgehead atoms. The Balaban J connectivity index is 1.43. The first-order valence-electron chi connectivity index (χ1n) is 9.44. The van der Waals surface area contributed by atoms with Crippen molar-refractivity contribution in [3.63, 3.8) is 0 Å². The van der Waals surface area contributed by atoms with Crippen LogP contribution in [0.1, 0.15) is 12.0 Å². The van der Waals surface area contributed by atoms with Gasteiger partial charge in [0.05, 0.1) is 12.6 Å². The van der Waals surface area contributed by atoms with E-state index in [0.29, 0.717) is 17.6 Å². The van der Waals surface area contributed by atoms with Crippen LogP contribution >= 0.6 is 0 Å². The van der Waals surface area contributed by atoms with Gasteiger partial charge in [-0.15, -0.1) is 0 Å². The number of aromatic nitrogens is 1. The monoisotopic (exact) mass is 390 g/mol. The van der Waals surface area contributed by atoms with Crippen molar-refractivity contribution in [2.45, 2.75) is 19.5 Å². The summed E-state index contributed by atoms with van der Waals surface area (Å²) in [6, 6.07) is 19.3. The smallest absolute Gasteiger partial charge is 0.419 e. The molecule has 3 aromatic carbocycles. The van der Waals surface area contributed by atoms with E-state index in [-0.39, 0.29) is 18.9 Å². The number of carbonyl (C=O) groups is 1. The fraction of sp³-hybridized carbons (Fsp3) is 0.217. The third-order valence-electron chi connectivity index (χ3n) is 5.08. The van der Waals surface area contributed by atoms with Gasteiger partial charge in [-0.2, -0.15) is 0 Å². The summed E-state index contributed by atoms with van der Waals surface area (Å²) in [4.78, 5) is 26.3. The number of methoxy groups -OCH3 is 1. The topological polar surface area (TPSA) is 64.7 Å². The number of oxazole rings is 1. The first kappa shape index (κ1) is 18.8. The summed E-state index contributed by atoms with van der Waals surface area (Å²) in [5.41, 5.74) is 2.29. The van der Waals surface area contributed by atoms with Crippen molar-refractivity contribution in [1.29, 1.82) is 0 Å². The molecule has 0 unspecified atom stereocenters. The molecule has 4 aromatic rings. The van der Waals surface area contributed by atoms with Crippen molar-refractivity contribution >= 4 is 27.8 Å². The lowest BCUT2D eigenvalue weighted by Gasteiger charge is -2.18. The van der Waals surface area contributed by atoms with Crippen LogP contribution in [0.15, 0.2) is 69.9 Å². The average Bonchev–Trinajstić information content (AvgIpc) is 3.06. The zero-order valence-corrected chi connectivity index (χ0v) is 16.4. The summed E-state index contributed by atoms with van der Waals surface area (Å²) in [6.07, 6.45) is 0.227. The van der Waals surface area contributed by atoms with E-state index in [9.17, 15) is 9.59 Å². The molecule has 6 heteroatoms. The summed E-state index contributed by atoms with van der Waals surface area (Å²) in [7, 11) is 3.42. The molecule has 0 atom stereocenters. The van der Waals surface area contributed by atoms with Gasteiger partial charge in [0.1, 0.15) is 5.75 Å². The largest absolute Gasteiger partial charge is 0.497 e. The highest BCUT2D eigenvalue weighted by atomic mass is 16.5. The van der Waals surface area contributed by atoms with E-state index in [2.05, 4.69) is 6.07 Å². The van der Waals surface area contributed by atoms with Crippen molar-refractivity contribution in [2.75, 3.05) is 14.2 Å². The molecule has 0 N–H and O–H groups in total. The molecule has 0 aliphatic rings. The predicted octanol–water partition coefficient (Wildman–Crippen LogP) is 3.81. The maximum absolute atomic E-state index is 12.6. The second-order valence-electron chi connectivity index (χ2n) is 7.03. The molecule has 0 radical (unpaired) electrons. The van der Waals surface area contributed by atoms with Crippen LogP contribution in [0, 0.1) is 0 Å². The van der Waals surface area contributed by atoms with Gasteiger partial charge < -0.3 is 14.1 Å². The number of fused-ring (bicyclic) bond motifs is 2. The summed E-state index contributed by atoms with van der Waals surface area (Å²) >= 11 is 0. The number of benzene rings is 3. The number of hydrogen-bond acceptors (Lipinski definition) is 4. The van der Waals surface area contributed by atoms with Gasteiger partial charge in [0.15, 0.2) is 5.58 Å². The number of nitrogens with zero attached hydrogens (tertiary/aromatic N) is 2. The first-order valence-corrected chi connectivity index (χ1v) is 9.44. The molecule has 0 saturated heterocycles. The third kappa shape index (κ3) is 3.87. The summed E-state index contributed by atoms with van der Waals surface area (Å²) in [5.74, 6) is 0.350. The molecule has 1 heterocycles. The van der Waals surface area contributed by atoms with E-state index in [1.54, 1.807) is 25.1 Å². The Kier molecular flexibility index (Phi) is 5.08. The molecule has 1 amide bonds. The van der Waals surface area contributed by atoms with Crippen LogP contribution in [-0.4, -0.2) is 29.5 Å². The van der Waals surface area contributed by atoms with Crippen LogP contribution in [0.3, 0.4) is 0 Å². The third-order valence-corrected chi connectivity index (χ3v) is 5.08. The van der Waals surface area contributed by atoms with Crippen LogP contribution in [0.4, 0.5) is 0 Å². The molecular formula is C23H22N2O4. The number of hydrogen-bond donors (Lipinski definition) is 0. The molecule has 1 aromatic heterocycles. The Hall–Kier alpha value is -3.54. The second kappa shape index (κ2) is 7.83. The Morgan fingerprint density at radius 2 is 1.83 bits per heavy atom. The van der Waals surface area contributed by atoms with Gasteiger partial charge >= 0.3 is 5.76 Å². The Labute approximate surface area is 167 Å². The summed E-state index contributed by atoms with van der Waals surface area (Å²) < 4.78 is 12.0. The molecule has 0 aliphatic carbocycles. The normalized spacial score (nSPS) is 11.1. The first-order chi connectivity index (χ1) is 14.0. The Morgan fingerprint density at radius 3 is 2.66 bits per heavy atom. The van der Waals surface area contributed by atoms with Gasteiger partial charge in [0.25, 0.3) is 0 Å². The number of rotatable bonds is 6. The number of ether oxygens (including phenoxy) is 1. The zero-order valence-electron chi connectivity index (χ0n) is 16.4. The fourth-order valence-corrected chi connectivity index (χ4v) is 3.48. The van der Waals surface area contributed by atoms with E-state index >= 15 is 0 Å². The lowest BCUT2D eigenvalue weighted by atomic mass is 10.1. The Morgan fingerprint density at radius 1 is 1.07 bits per heavy atom. The molecule has 148 valence electrons. The van der Waals surface area contributed by atoms with Gasteiger partial charge in [-0.25, -0.2) is 4.79 Å². The highest BCUT2D eigenvalue weighted by Gasteiger charge is 2.13. The average molecular weight is 390 g/mol. The highest BCUT2D eigenvalue weighted by Crippen LogP contribution is 2.22. The predicted molar refractivity (Wildman–Crippen MR) is 112 cm³/mol. The van der Waals surface area contributed by atoms with Gasteiger partial charge in [-0.05, 0) is 46.7 Å². The minimum Gasteiger partial charge on any atom is -0.497 e. The van der Waals surface area contributed by atoms with Crippen molar-refractivity contribution in [3.8, 4) is 5.75 Å². The van der Waals surface area contributed by atoms with E-state index < -0.39 is 5.76 Å². The minimum absolute atomic E-state index is 0.0305. The molecule has 0 spiro atoms. The van der Waals surface area contributed by atoms with E-state index in [1.807, 2.05) is 48.5 Å². The van der Waals surface area contributed by atoms with E-state index in [1.165, 1.54) is 4.57 Å². The molecule has 6 nitrogen and oxygen atoms in total. The number of amides is 1. The zero-order chi connectivity index (χ0) is 20.4. The van der Waals surface area contributed by atoms with Gasteiger partial charge in [0, 0.05) is 26.6 Å². The van der Waals surface area contributed by atoms with Crippen LogP contribution in [0.2, 0.25) is 0 Å². The maximum Gasteiger partial charge on any atom is 0.419 e. The molecular weight excluding hydrogens is 368 g/mol. The molecule has 4 rings (SSSR count). The SMILES string of the molecule is COc1ccc2cc(CN(C)C(=O)CCn3c(=O)oc4ccccc43)ccc2c1. The summed E-state index contributed by atoms with van der Waals surface area (Å²) in [6.45, 7) is 0.790. The van der Waals surface area contributed by atoms with Gasteiger partial charge in [0.2, 0.25) is 5.91 Å². The minimum atomic E-state index is -0.438. The molecule has 0 fully saturated rings. The number of para-hydroxylation sites is 2. The van der Waals surface area contributed by atoms with E-state index in [4.69, 9.17) is 9.15 Å². The Bertz CT molecular complexity index is 1240. The van der Waals surface area contributed by atoms with E-state index in [0.717, 1.165) is 22.1 Å². The maximum atomic E-state index is 12.6. The standard InChI is InChI=1S/C23H22N2O4/c1-24(15-16-7-8-18-14-19(28-2)10-9-17(18)13-16)22(26)11-12-25-20-5-3-4-6-21(20)29-23(25)27/h3-10,13-14H,11-12,15H2,1-2H3. The second-order valence-corrected chi connectivity index (χ2v) is 7.03. The summed E-state index contributed by atoms with van der Waals surface area (Å²) in [5, 5.41) is 2.19. The van der Waals surface area contributed by atoms with Gasteiger partial charge in [-0.3, -0.25) is 9.36 Å². The quantitative estimate of drug-likeness (QED) is 0.502. The van der Waals surface area contributed by atoms with Crippen LogP contribution < -0.4 is 10.5 Å². The lowest BCUT2D eigenvalue weighted by molar-refractivity contribution is -0.130. The lowest BCUT2D eigenvalue weighted by Crippen LogP contribution is -2.28.